The summed E-state index contributed by atoms with van der Waals surface area (Å²) in [5.41, 5.74) is 2.15. The molecule has 0 aliphatic rings. The predicted octanol–water partition coefficient (Wildman–Crippen LogP) is 4.50. The normalized spacial score (nSPS) is 11.4. The molecule has 6 nitrogen and oxygen atoms in total. The highest BCUT2D eigenvalue weighted by molar-refractivity contribution is 7.99. The molecule has 1 N–H and O–H groups in total. The number of benzene rings is 1. The number of para-hydroxylation sites is 2. The van der Waals surface area contributed by atoms with Crippen LogP contribution in [0.3, 0.4) is 0 Å². The monoisotopic (exact) mass is 372 g/mol. The van der Waals surface area contributed by atoms with Crippen LogP contribution < -0.4 is 5.32 Å². The summed E-state index contributed by atoms with van der Waals surface area (Å²) >= 11 is 1.62. The number of aryl methyl sites for hydroxylation is 2. The van der Waals surface area contributed by atoms with Crippen LogP contribution in [0.1, 0.15) is 32.4 Å². The molecule has 2 heterocycles. The Bertz CT molecular complexity index is 885. The molecule has 26 heavy (non-hydrogen) atoms. The van der Waals surface area contributed by atoms with E-state index in [9.17, 15) is 4.79 Å². The first kappa shape index (κ1) is 18.5. The zero-order valence-electron chi connectivity index (χ0n) is 15.4. The first-order valence-corrected chi connectivity index (χ1v) is 9.82. The van der Waals surface area contributed by atoms with Crippen LogP contribution in [0.2, 0.25) is 0 Å². The van der Waals surface area contributed by atoms with Gasteiger partial charge in [0.05, 0.1) is 11.0 Å². The maximum Gasteiger partial charge on any atom is 0.226 e. The smallest absolute Gasteiger partial charge is 0.226 e. The Morgan fingerprint density at radius 2 is 2.15 bits per heavy atom. The summed E-state index contributed by atoms with van der Waals surface area (Å²) in [6, 6.07) is 9.88. The maximum absolute atomic E-state index is 12.1. The van der Waals surface area contributed by atoms with E-state index < -0.39 is 0 Å². The summed E-state index contributed by atoms with van der Waals surface area (Å²) < 4.78 is 7.21. The molecule has 0 saturated carbocycles. The predicted molar refractivity (Wildman–Crippen MR) is 104 cm³/mol. The molecule has 0 spiro atoms. The highest BCUT2D eigenvalue weighted by atomic mass is 32.2. The van der Waals surface area contributed by atoms with Crippen molar-refractivity contribution in [3.05, 3.63) is 36.1 Å². The van der Waals surface area contributed by atoms with E-state index in [1.165, 1.54) is 0 Å². The highest BCUT2D eigenvalue weighted by Crippen LogP contribution is 2.25. The molecular formula is C19H24N4O2S. The second kappa shape index (κ2) is 8.40. The SMILES string of the molecule is Cc1cc(NC(=O)CCSc2nc3ccccc3n2CCC(C)C)no1. The van der Waals surface area contributed by atoms with Crippen LogP contribution in [-0.2, 0) is 11.3 Å². The molecular weight excluding hydrogens is 348 g/mol. The second-order valence-corrected chi connectivity index (χ2v) is 7.75. The number of hydrogen-bond donors (Lipinski definition) is 1. The quantitative estimate of drug-likeness (QED) is 0.589. The number of fused-ring (bicyclic) bond motifs is 1. The van der Waals surface area contributed by atoms with Gasteiger partial charge in [0.25, 0.3) is 0 Å². The van der Waals surface area contributed by atoms with E-state index in [4.69, 9.17) is 9.51 Å². The van der Waals surface area contributed by atoms with Gasteiger partial charge in [0.1, 0.15) is 5.76 Å². The molecule has 138 valence electrons. The molecule has 2 aromatic heterocycles. The van der Waals surface area contributed by atoms with Crippen LogP contribution in [-0.4, -0.2) is 26.4 Å². The maximum atomic E-state index is 12.1. The average molecular weight is 372 g/mol. The number of nitrogens with one attached hydrogen (secondary N) is 1. The third-order valence-electron chi connectivity index (χ3n) is 4.01. The summed E-state index contributed by atoms with van der Waals surface area (Å²) in [4.78, 5) is 16.8. The molecule has 1 aromatic carbocycles. The molecule has 3 rings (SSSR count). The molecule has 0 aliphatic carbocycles. The van der Waals surface area contributed by atoms with Gasteiger partial charge in [-0.15, -0.1) is 0 Å². The lowest BCUT2D eigenvalue weighted by atomic mass is 10.1. The minimum absolute atomic E-state index is 0.0735. The molecule has 0 atom stereocenters. The van der Waals surface area contributed by atoms with Gasteiger partial charge < -0.3 is 14.4 Å². The minimum atomic E-state index is -0.0735. The first-order chi connectivity index (χ1) is 12.5. The number of imidazole rings is 1. The largest absolute Gasteiger partial charge is 0.360 e. The van der Waals surface area contributed by atoms with E-state index in [1.54, 1.807) is 24.8 Å². The number of thioether (sulfide) groups is 1. The summed E-state index contributed by atoms with van der Waals surface area (Å²) in [6.07, 6.45) is 1.49. The number of amides is 1. The fraction of sp³-hybridized carbons (Fsp3) is 0.421. The third kappa shape index (κ3) is 4.66. The summed E-state index contributed by atoms with van der Waals surface area (Å²) in [7, 11) is 0. The van der Waals surface area contributed by atoms with E-state index in [2.05, 4.69) is 35.0 Å². The van der Waals surface area contributed by atoms with Crippen molar-refractivity contribution in [2.24, 2.45) is 5.92 Å². The van der Waals surface area contributed by atoms with Gasteiger partial charge in [0.15, 0.2) is 11.0 Å². The molecule has 7 heteroatoms. The summed E-state index contributed by atoms with van der Waals surface area (Å²) in [5, 5.41) is 7.49. The Labute approximate surface area is 157 Å². The summed E-state index contributed by atoms with van der Waals surface area (Å²) in [6.45, 7) is 7.18. The van der Waals surface area contributed by atoms with Gasteiger partial charge in [0.2, 0.25) is 5.91 Å². The number of aromatic nitrogens is 3. The molecule has 0 radical (unpaired) electrons. The van der Waals surface area contributed by atoms with Crippen molar-refractivity contribution < 1.29 is 9.32 Å². The fourth-order valence-corrected chi connectivity index (χ4v) is 3.61. The Hall–Kier alpha value is -2.28. The molecule has 0 bridgehead atoms. The highest BCUT2D eigenvalue weighted by Gasteiger charge is 2.13. The van der Waals surface area contributed by atoms with Crippen LogP contribution in [0.5, 0.6) is 0 Å². The Morgan fingerprint density at radius 3 is 2.88 bits per heavy atom. The van der Waals surface area contributed by atoms with Crippen LogP contribution in [0, 0.1) is 12.8 Å². The van der Waals surface area contributed by atoms with Gasteiger partial charge in [-0.3, -0.25) is 4.79 Å². The average Bonchev–Trinajstić information content (AvgIpc) is 3.16. The van der Waals surface area contributed by atoms with Crippen LogP contribution >= 0.6 is 11.8 Å². The van der Waals surface area contributed by atoms with Gasteiger partial charge in [-0.05, 0) is 31.4 Å². The van der Waals surface area contributed by atoms with Gasteiger partial charge in [0, 0.05) is 24.8 Å². The van der Waals surface area contributed by atoms with E-state index >= 15 is 0 Å². The molecule has 0 saturated heterocycles. The van der Waals surface area contributed by atoms with Gasteiger partial charge in [-0.2, -0.15) is 0 Å². The zero-order chi connectivity index (χ0) is 18.5. The number of nitrogens with zero attached hydrogens (tertiary/aromatic N) is 3. The van der Waals surface area contributed by atoms with Gasteiger partial charge in [-0.1, -0.05) is 42.9 Å². The van der Waals surface area contributed by atoms with E-state index in [0.717, 1.165) is 29.2 Å². The van der Waals surface area contributed by atoms with Crippen LogP contribution in [0.15, 0.2) is 40.0 Å². The Morgan fingerprint density at radius 1 is 1.35 bits per heavy atom. The fourth-order valence-electron chi connectivity index (χ4n) is 2.63. The molecule has 0 aliphatic heterocycles. The zero-order valence-corrected chi connectivity index (χ0v) is 16.2. The third-order valence-corrected chi connectivity index (χ3v) is 4.98. The molecule has 1 amide bonds. The van der Waals surface area contributed by atoms with Crippen molar-refractivity contribution in [3.8, 4) is 0 Å². The first-order valence-electron chi connectivity index (χ1n) is 8.84. The van der Waals surface area contributed by atoms with Crippen molar-refractivity contribution in [1.29, 1.82) is 0 Å². The van der Waals surface area contributed by atoms with Crippen LogP contribution in [0.4, 0.5) is 5.82 Å². The lowest BCUT2D eigenvalue weighted by Crippen LogP contribution is -2.12. The molecule has 3 aromatic rings. The van der Waals surface area contributed by atoms with Crippen LogP contribution in [0.25, 0.3) is 11.0 Å². The Kier molecular flexibility index (Phi) is 5.98. The summed E-state index contributed by atoms with van der Waals surface area (Å²) in [5.74, 6) is 2.35. The van der Waals surface area contributed by atoms with Crippen molar-refractivity contribution in [2.75, 3.05) is 11.1 Å². The lowest BCUT2D eigenvalue weighted by Gasteiger charge is -2.10. The Balaban J connectivity index is 1.62. The second-order valence-electron chi connectivity index (χ2n) is 6.69. The molecule has 0 fully saturated rings. The molecule has 0 unspecified atom stereocenters. The minimum Gasteiger partial charge on any atom is -0.360 e. The van der Waals surface area contributed by atoms with Gasteiger partial charge >= 0.3 is 0 Å². The van der Waals surface area contributed by atoms with E-state index in [0.29, 0.717) is 29.7 Å². The topological polar surface area (TPSA) is 73.0 Å². The standard InChI is InChI=1S/C19H24N4O2S/c1-13(2)8-10-23-16-7-5-4-6-15(16)20-19(23)26-11-9-18(24)21-17-12-14(3)25-22-17/h4-7,12-13H,8-11H2,1-3H3,(H,21,22,24). The number of carbonyl (C=O) groups excluding carboxylic acids is 1. The van der Waals surface area contributed by atoms with Crippen molar-refractivity contribution in [3.63, 3.8) is 0 Å². The van der Waals surface area contributed by atoms with E-state index in [1.807, 2.05) is 18.2 Å². The number of carbonyl (C=O) groups is 1. The van der Waals surface area contributed by atoms with Crippen molar-refractivity contribution in [2.45, 2.75) is 45.3 Å². The van der Waals surface area contributed by atoms with Gasteiger partial charge in [-0.25, -0.2) is 4.98 Å². The number of hydrogen-bond acceptors (Lipinski definition) is 5. The van der Waals surface area contributed by atoms with Crippen molar-refractivity contribution >= 4 is 34.5 Å². The van der Waals surface area contributed by atoms with Crippen molar-refractivity contribution in [1.82, 2.24) is 14.7 Å². The lowest BCUT2D eigenvalue weighted by molar-refractivity contribution is -0.115. The number of rotatable bonds is 8. The van der Waals surface area contributed by atoms with E-state index in [-0.39, 0.29) is 5.91 Å². The number of anilines is 1.